The summed E-state index contributed by atoms with van der Waals surface area (Å²) in [5.74, 6) is 1.04. The molecule has 0 atom stereocenters. The highest BCUT2D eigenvalue weighted by Gasteiger charge is 2.13. The standard InChI is InChI=1S/C11H19N3O3/c1-3-4-5-14(6-7-15)11(16)12-10-8-9(2)17-13-10/h8,15H,3-7H2,1-2H3,(H,12,13,16). The van der Waals surface area contributed by atoms with Crippen LogP contribution in [-0.2, 0) is 0 Å². The summed E-state index contributed by atoms with van der Waals surface area (Å²) < 4.78 is 4.85. The van der Waals surface area contributed by atoms with Gasteiger partial charge in [-0.2, -0.15) is 0 Å². The molecule has 0 radical (unpaired) electrons. The van der Waals surface area contributed by atoms with Gasteiger partial charge in [-0.25, -0.2) is 4.79 Å². The van der Waals surface area contributed by atoms with Crippen LogP contribution < -0.4 is 5.32 Å². The van der Waals surface area contributed by atoms with Crippen LogP contribution in [-0.4, -0.2) is 40.9 Å². The van der Waals surface area contributed by atoms with Crippen LogP contribution in [0.25, 0.3) is 0 Å². The summed E-state index contributed by atoms with van der Waals surface area (Å²) in [6.07, 6.45) is 1.91. The van der Waals surface area contributed by atoms with Crippen LogP contribution in [0.1, 0.15) is 25.5 Å². The van der Waals surface area contributed by atoms with E-state index in [2.05, 4.69) is 17.4 Å². The zero-order valence-corrected chi connectivity index (χ0v) is 10.3. The quantitative estimate of drug-likeness (QED) is 0.793. The molecule has 0 aromatic carbocycles. The van der Waals surface area contributed by atoms with E-state index in [1.807, 2.05) is 0 Å². The van der Waals surface area contributed by atoms with Crippen molar-refractivity contribution in [1.29, 1.82) is 0 Å². The Kier molecular flexibility index (Phi) is 5.48. The molecule has 96 valence electrons. The number of urea groups is 1. The second-order valence-electron chi connectivity index (χ2n) is 3.82. The zero-order valence-electron chi connectivity index (χ0n) is 10.3. The van der Waals surface area contributed by atoms with Gasteiger partial charge in [-0.05, 0) is 13.3 Å². The van der Waals surface area contributed by atoms with Crippen molar-refractivity contribution >= 4 is 11.8 Å². The first-order valence-corrected chi connectivity index (χ1v) is 5.77. The molecule has 1 aromatic rings. The summed E-state index contributed by atoms with van der Waals surface area (Å²) in [5, 5.41) is 15.2. The third-order valence-corrected chi connectivity index (χ3v) is 2.30. The second kappa shape index (κ2) is 6.90. The van der Waals surface area contributed by atoms with Gasteiger partial charge in [-0.15, -0.1) is 0 Å². The number of nitrogens with one attached hydrogen (secondary N) is 1. The minimum absolute atomic E-state index is 0.0466. The summed E-state index contributed by atoms with van der Waals surface area (Å²) in [5.41, 5.74) is 0. The molecule has 0 unspecified atom stereocenters. The minimum atomic E-state index is -0.263. The van der Waals surface area contributed by atoms with Crippen molar-refractivity contribution in [3.8, 4) is 0 Å². The number of unbranched alkanes of at least 4 members (excludes halogenated alkanes) is 1. The predicted molar refractivity (Wildman–Crippen MR) is 63.8 cm³/mol. The van der Waals surface area contributed by atoms with Crippen LogP contribution in [0.15, 0.2) is 10.6 Å². The van der Waals surface area contributed by atoms with Crippen LogP contribution in [0.3, 0.4) is 0 Å². The molecule has 0 aliphatic heterocycles. The molecule has 0 spiro atoms. The molecule has 1 aromatic heterocycles. The van der Waals surface area contributed by atoms with Crippen molar-refractivity contribution in [2.24, 2.45) is 0 Å². The van der Waals surface area contributed by atoms with Crippen LogP contribution in [0.4, 0.5) is 10.6 Å². The van der Waals surface area contributed by atoms with Gasteiger partial charge in [-0.1, -0.05) is 18.5 Å². The average molecular weight is 241 g/mol. The lowest BCUT2D eigenvalue weighted by atomic mass is 10.3. The number of carbonyl (C=O) groups excluding carboxylic acids is 1. The Morgan fingerprint density at radius 3 is 2.88 bits per heavy atom. The third kappa shape index (κ3) is 4.44. The SMILES string of the molecule is CCCCN(CCO)C(=O)Nc1cc(C)on1. The first-order chi connectivity index (χ1) is 8.17. The van der Waals surface area contributed by atoms with Gasteiger partial charge in [0.05, 0.1) is 6.61 Å². The highest BCUT2D eigenvalue weighted by atomic mass is 16.5. The maximum absolute atomic E-state index is 11.8. The van der Waals surface area contributed by atoms with Crippen molar-refractivity contribution in [3.63, 3.8) is 0 Å². The molecule has 1 heterocycles. The van der Waals surface area contributed by atoms with Crippen molar-refractivity contribution in [2.75, 3.05) is 25.0 Å². The van der Waals surface area contributed by atoms with Crippen molar-refractivity contribution in [3.05, 3.63) is 11.8 Å². The molecule has 6 nitrogen and oxygen atoms in total. The molecule has 0 fully saturated rings. The van der Waals surface area contributed by atoms with E-state index in [0.717, 1.165) is 12.8 Å². The molecular weight excluding hydrogens is 222 g/mol. The lowest BCUT2D eigenvalue weighted by Gasteiger charge is -2.21. The number of carbonyl (C=O) groups is 1. The molecule has 0 saturated carbocycles. The Morgan fingerprint density at radius 2 is 2.35 bits per heavy atom. The van der Waals surface area contributed by atoms with Crippen molar-refractivity contribution in [2.45, 2.75) is 26.7 Å². The second-order valence-corrected chi connectivity index (χ2v) is 3.82. The zero-order chi connectivity index (χ0) is 12.7. The Labute approximate surface area is 101 Å². The van der Waals surface area contributed by atoms with E-state index in [-0.39, 0.29) is 12.6 Å². The summed E-state index contributed by atoms with van der Waals surface area (Å²) in [6, 6.07) is 1.38. The first kappa shape index (κ1) is 13.5. The lowest BCUT2D eigenvalue weighted by molar-refractivity contribution is 0.187. The summed E-state index contributed by atoms with van der Waals surface area (Å²) in [4.78, 5) is 13.4. The number of aryl methyl sites for hydroxylation is 1. The largest absolute Gasteiger partial charge is 0.395 e. The van der Waals surface area contributed by atoms with Crippen LogP contribution in [0.2, 0.25) is 0 Å². The number of aliphatic hydroxyl groups is 1. The monoisotopic (exact) mass is 241 g/mol. The molecule has 0 bridgehead atoms. The number of nitrogens with zero attached hydrogens (tertiary/aromatic N) is 2. The molecule has 0 aliphatic carbocycles. The predicted octanol–water partition coefficient (Wildman–Crippen LogP) is 1.61. The number of aliphatic hydroxyl groups excluding tert-OH is 1. The van der Waals surface area contributed by atoms with Crippen molar-refractivity contribution < 1.29 is 14.4 Å². The van der Waals surface area contributed by atoms with Gasteiger partial charge in [0, 0.05) is 19.2 Å². The van der Waals surface area contributed by atoms with Gasteiger partial charge >= 0.3 is 6.03 Å². The van der Waals surface area contributed by atoms with E-state index in [0.29, 0.717) is 24.7 Å². The number of anilines is 1. The van der Waals surface area contributed by atoms with Gasteiger partial charge in [0.2, 0.25) is 0 Å². The average Bonchev–Trinajstić information content (AvgIpc) is 2.70. The van der Waals surface area contributed by atoms with Gasteiger partial charge in [-0.3, -0.25) is 5.32 Å². The summed E-state index contributed by atoms with van der Waals surface area (Å²) in [6.45, 7) is 4.71. The molecular formula is C11H19N3O3. The fourth-order valence-electron chi connectivity index (χ4n) is 1.40. The van der Waals surface area contributed by atoms with Crippen LogP contribution in [0.5, 0.6) is 0 Å². The molecule has 6 heteroatoms. The fraction of sp³-hybridized carbons (Fsp3) is 0.636. The molecule has 1 rings (SSSR count). The minimum Gasteiger partial charge on any atom is -0.395 e. The maximum Gasteiger partial charge on any atom is 0.323 e. The normalized spacial score (nSPS) is 10.3. The van der Waals surface area contributed by atoms with E-state index < -0.39 is 0 Å². The fourth-order valence-corrected chi connectivity index (χ4v) is 1.40. The Hall–Kier alpha value is -1.56. The molecule has 0 saturated heterocycles. The Morgan fingerprint density at radius 1 is 1.59 bits per heavy atom. The van der Waals surface area contributed by atoms with E-state index in [1.165, 1.54) is 0 Å². The van der Waals surface area contributed by atoms with Crippen LogP contribution in [0, 0.1) is 6.92 Å². The van der Waals surface area contributed by atoms with E-state index in [1.54, 1.807) is 17.9 Å². The maximum atomic E-state index is 11.8. The number of hydrogen-bond acceptors (Lipinski definition) is 4. The smallest absolute Gasteiger partial charge is 0.323 e. The Balaban J connectivity index is 2.52. The topological polar surface area (TPSA) is 78.6 Å². The highest BCUT2D eigenvalue weighted by Crippen LogP contribution is 2.08. The van der Waals surface area contributed by atoms with Gasteiger partial charge in [0.1, 0.15) is 5.76 Å². The number of amides is 2. The third-order valence-electron chi connectivity index (χ3n) is 2.30. The van der Waals surface area contributed by atoms with Crippen LogP contribution >= 0.6 is 0 Å². The van der Waals surface area contributed by atoms with Gasteiger partial charge < -0.3 is 14.5 Å². The van der Waals surface area contributed by atoms with E-state index >= 15 is 0 Å². The van der Waals surface area contributed by atoms with Crippen molar-refractivity contribution in [1.82, 2.24) is 10.1 Å². The van der Waals surface area contributed by atoms with E-state index in [9.17, 15) is 4.79 Å². The number of aromatic nitrogens is 1. The van der Waals surface area contributed by atoms with E-state index in [4.69, 9.17) is 9.63 Å². The molecule has 0 aliphatic rings. The first-order valence-electron chi connectivity index (χ1n) is 5.77. The molecule has 2 N–H and O–H groups in total. The molecule has 17 heavy (non-hydrogen) atoms. The highest BCUT2D eigenvalue weighted by molar-refractivity contribution is 5.88. The van der Waals surface area contributed by atoms with Gasteiger partial charge in [0.15, 0.2) is 5.82 Å². The van der Waals surface area contributed by atoms with Gasteiger partial charge in [0.25, 0.3) is 0 Å². The molecule has 2 amide bonds. The Bertz CT molecular complexity index is 351. The number of hydrogen-bond donors (Lipinski definition) is 2. The number of rotatable bonds is 6. The summed E-state index contributed by atoms with van der Waals surface area (Å²) in [7, 11) is 0. The summed E-state index contributed by atoms with van der Waals surface area (Å²) >= 11 is 0. The lowest BCUT2D eigenvalue weighted by Crippen LogP contribution is -2.37.